The maximum Gasteiger partial charge on any atom is 0.133 e. The number of carbonyl (C=O) groups is 1. The predicted molar refractivity (Wildman–Crippen MR) is 75.5 cm³/mol. The molecule has 0 radical (unpaired) electrons. The topological polar surface area (TPSA) is 46.5 Å². The minimum Gasteiger partial charge on any atom is -0.493 e. The van der Waals surface area contributed by atoms with Gasteiger partial charge in [-0.05, 0) is 36.1 Å². The Morgan fingerprint density at radius 2 is 2.00 bits per heavy atom. The van der Waals surface area contributed by atoms with Gasteiger partial charge in [-0.25, -0.2) is 0 Å². The molecule has 0 atom stereocenters. The first kappa shape index (κ1) is 13.1. The summed E-state index contributed by atoms with van der Waals surface area (Å²) >= 11 is 3.52. The van der Waals surface area contributed by atoms with Gasteiger partial charge in [-0.15, -0.1) is 0 Å². The van der Waals surface area contributed by atoms with Crippen LogP contribution in [0.1, 0.15) is 36.8 Å². The second-order valence-electron chi connectivity index (χ2n) is 5.59. The smallest absolute Gasteiger partial charge is 0.133 e. The van der Waals surface area contributed by atoms with Crippen molar-refractivity contribution in [3.05, 3.63) is 27.7 Å². The zero-order chi connectivity index (χ0) is 13.5. The number of halogens is 1. The number of hydrogen-bond acceptors (Lipinski definition) is 3. The van der Waals surface area contributed by atoms with E-state index in [1.807, 2.05) is 6.07 Å². The van der Waals surface area contributed by atoms with Gasteiger partial charge in [0.25, 0.3) is 0 Å². The van der Waals surface area contributed by atoms with E-state index in [0.717, 1.165) is 28.8 Å². The number of carbonyl (C=O) groups excluding carboxylic acids is 1. The summed E-state index contributed by atoms with van der Waals surface area (Å²) in [5.74, 6) is 1.20. The quantitative estimate of drug-likeness (QED) is 0.909. The number of aliphatic hydroxyl groups is 1. The van der Waals surface area contributed by atoms with E-state index in [2.05, 4.69) is 22.0 Å². The molecule has 1 heterocycles. The van der Waals surface area contributed by atoms with Gasteiger partial charge in [0.05, 0.1) is 12.2 Å². The monoisotopic (exact) mass is 324 g/mol. The molecule has 4 heteroatoms. The summed E-state index contributed by atoms with van der Waals surface area (Å²) in [6.07, 6.45) is 3.61. The van der Waals surface area contributed by atoms with E-state index >= 15 is 0 Å². The number of ketones is 1. The summed E-state index contributed by atoms with van der Waals surface area (Å²) in [4.78, 5) is 11.3. The van der Waals surface area contributed by atoms with Gasteiger partial charge in [0, 0.05) is 30.2 Å². The van der Waals surface area contributed by atoms with Crippen molar-refractivity contribution in [1.29, 1.82) is 0 Å². The highest BCUT2D eigenvalue weighted by Crippen LogP contribution is 2.38. The standard InChI is InChI=1S/C15H17BrO3/c16-12-7-10-3-6-19-14(10)11(8-12)9-15(18)4-1-13(17)2-5-15/h7-8,18H,1-6,9H2. The number of hydrogen-bond donors (Lipinski definition) is 1. The summed E-state index contributed by atoms with van der Waals surface area (Å²) in [5.41, 5.74) is 1.51. The predicted octanol–water partition coefficient (Wildman–Crippen LogP) is 2.80. The molecule has 0 aromatic heterocycles. The minimum atomic E-state index is -0.756. The fourth-order valence-corrected chi connectivity index (χ4v) is 3.56. The molecule has 1 aromatic carbocycles. The molecule has 1 saturated carbocycles. The van der Waals surface area contributed by atoms with Crippen molar-refractivity contribution in [3.8, 4) is 5.75 Å². The highest BCUT2D eigenvalue weighted by atomic mass is 79.9. The van der Waals surface area contributed by atoms with Gasteiger partial charge >= 0.3 is 0 Å². The fourth-order valence-electron chi connectivity index (χ4n) is 3.00. The molecule has 1 aliphatic carbocycles. The van der Waals surface area contributed by atoms with Crippen LogP contribution in [0.2, 0.25) is 0 Å². The molecule has 1 fully saturated rings. The number of benzene rings is 1. The van der Waals surface area contributed by atoms with E-state index < -0.39 is 5.60 Å². The first-order valence-corrected chi connectivity index (χ1v) is 7.53. The molecule has 1 aromatic rings. The van der Waals surface area contributed by atoms with Crippen LogP contribution in [-0.4, -0.2) is 23.1 Å². The van der Waals surface area contributed by atoms with Gasteiger partial charge in [-0.2, -0.15) is 0 Å². The second-order valence-corrected chi connectivity index (χ2v) is 6.51. The lowest BCUT2D eigenvalue weighted by atomic mass is 9.79. The van der Waals surface area contributed by atoms with Crippen molar-refractivity contribution in [1.82, 2.24) is 0 Å². The Kier molecular flexibility index (Phi) is 3.39. The summed E-state index contributed by atoms with van der Waals surface area (Å²) in [6, 6.07) is 4.11. The summed E-state index contributed by atoms with van der Waals surface area (Å²) < 4.78 is 6.72. The van der Waals surface area contributed by atoms with Gasteiger partial charge in [-0.3, -0.25) is 4.79 Å². The molecule has 2 aliphatic rings. The fraction of sp³-hybridized carbons (Fsp3) is 0.533. The van der Waals surface area contributed by atoms with Crippen molar-refractivity contribution in [2.75, 3.05) is 6.61 Å². The molecule has 0 spiro atoms. The molecule has 19 heavy (non-hydrogen) atoms. The Labute approximate surface area is 121 Å². The van der Waals surface area contributed by atoms with Crippen LogP contribution in [0.3, 0.4) is 0 Å². The number of ether oxygens (including phenoxy) is 1. The van der Waals surface area contributed by atoms with E-state index in [-0.39, 0.29) is 5.78 Å². The Morgan fingerprint density at radius 3 is 2.74 bits per heavy atom. The second kappa shape index (κ2) is 4.91. The van der Waals surface area contributed by atoms with Crippen LogP contribution < -0.4 is 4.74 Å². The Bertz CT molecular complexity index is 514. The lowest BCUT2D eigenvalue weighted by Gasteiger charge is -2.32. The van der Waals surface area contributed by atoms with E-state index in [1.165, 1.54) is 5.56 Å². The SMILES string of the molecule is O=C1CCC(O)(Cc2cc(Br)cc3c2OCC3)CC1. The third kappa shape index (κ3) is 2.70. The van der Waals surface area contributed by atoms with Crippen LogP contribution in [0.5, 0.6) is 5.75 Å². The van der Waals surface area contributed by atoms with Crippen molar-refractivity contribution in [2.45, 2.75) is 44.1 Å². The molecule has 3 rings (SSSR count). The Balaban J connectivity index is 1.85. The Hall–Kier alpha value is -0.870. The van der Waals surface area contributed by atoms with Crippen LogP contribution >= 0.6 is 15.9 Å². The molecule has 0 amide bonds. The van der Waals surface area contributed by atoms with Gasteiger partial charge in [0.2, 0.25) is 0 Å². The van der Waals surface area contributed by atoms with Crippen molar-refractivity contribution in [2.24, 2.45) is 0 Å². The normalized spacial score (nSPS) is 21.1. The van der Waals surface area contributed by atoms with Gasteiger partial charge in [-0.1, -0.05) is 15.9 Å². The molecule has 3 nitrogen and oxygen atoms in total. The summed E-state index contributed by atoms with van der Waals surface area (Å²) in [6.45, 7) is 0.718. The highest BCUT2D eigenvalue weighted by molar-refractivity contribution is 9.10. The van der Waals surface area contributed by atoms with Crippen LogP contribution in [0, 0.1) is 0 Å². The first-order valence-electron chi connectivity index (χ1n) is 6.74. The molecule has 0 saturated heterocycles. The molecular formula is C15H17BrO3. The minimum absolute atomic E-state index is 0.264. The third-order valence-electron chi connectivity index (χ3n) is 4.08. The third-order valence-corrected chi connectivity index (χ3v) is 4.54. The van der Waals surface area contributed by atoms with Crippen molar-refractivity contribution >= 4 is 21.7 Å². The maximum atomic E-state index is 11.3. The van der Waals surface area contributed by atoms with Crippen LogP contribution in [0.15, 0.2) is 16.6 Å². The molecule has 1 N–H and O–H groups in total. The van der Waals surface area contributed by atoms with E-state index in [4.69, 9.17) is 4.74 Å². The van der Waals surface area contributed by atoms with E-state index in [0.29, 0.717) is 32.1 Å². The van der Waals surface area contributed by atoms with Crippen LogP contribution in [0.4, 0.5) is 0 Å². The molecule has 102 valence electrons. The number of Topliss-reactive ketones (excluding diaryl/α,β-unsaturated/α-hetero) is 1. The average Bonchev–Trinajstić information content (AvgIpc) is 2.81. The van der Waals surface area contributed by atoms with E-state index in [1.54, 1.807) is 0 Å². The highest BCUT2D eigenvalue weighted by Gasteiger charge is 2.34. The number of fused-ring (bicyclic) bond motifs is 1. The molecule has 0 bridgehead atoms. The first-order chi connectivity index (χ1) is 9.06. The van der Waals surface area contributed by atoms with Crippen LogP contribution in [0.25, 0.3) is 0 Å². The Morgan fingerprint density at radius 1 is 1.26 bits per heavy atom. The summed E-state index contributed by atoms with van der Waals surface area (Å²) in [5, 5.41) is 10.6. The average molecular weight is 325 g/mol. The van der Waals surface area contributed by atoms with Gasteiger partial charge in [0.15, 0.2) is 0 Å². The molecular weight excluding hydrogens is 308 g/mol. The number of rotatable bonds is 2. The zero-order valence-electron chi connectivity index (χ0n) is 10.7. The molecule has 1 aliphatic heterocycles. The van der Waals surface area contributed by atoms with Gasteiger partial charge < -0.3 is 9.84 Å². The van der Waals surface area contributed by atoms with Crippen molar-refractivity contribution in [3.63, 3.8) is 0 Å². The van der Waals surface area contributed by atoms with Crippen LogP contribution in [-0.2, 0) is 17.6 Å². The van der Waals surface area contributed by atoms with E-state index in [9.17, 15) is 9.90 Å². The maximum absolute atomic E-state index is 11.3. The largest absolute Gasteiger partial charge is 0.493 e. The molecule has 0 unspecified atom stereocenters. The zero-order valence-corrected chi connectivity index (χ0v) is 12.3. The van der Waals surface area contributed by atoms with Crippen molar-refractivity contribution < 1.29 is 14.6 Å². The van der Waals surface area contributed by atoms with Gasteiger partial charge in [0.1, 0.15) is 11.5 Å². The lowest BCUT2D eigenvalue weighted by Crippen LogP contribution is -2.36. The summed E-state index contributed by atoms with van der Waals surface area (Å²) in [7, 11) is 0. The lowest BCUT2D eigenvalue weighted by molar-refractivity contribution is -0.125.